The van der Waals surface area contributed by atoms with Gasteiger partial charge in [0.15, 0.2) is 0 Å². The number of carbonyl (C=O) groups excluding carboxylic acids is 1. The number of carbonyl (C=O) groups is 2. The summed E-state index contributed by atoms with van der Waals surface area (Å²) in [7, 11) is 0. The lowest BCUT2D eigenvalue weighted by molar-refractivity contribution is 0.0695. The third kappa shape index (κ3) is 2.15. The van der Waals surface area contributed by atoms with Crippen LogP contribution in [0.3, 0.4) is 0 Å². The van der Waals surface area contributed by atoms with Crippen molar-refractivity contribution in [3.8, 4) is 0 Å². The van der Waals surface area contributed by atoms with Crippen molar-refractivity contribution in [2.24, 2.45) is 5.73 Å². The van der Waals surface area contributed by atoms with Crippen LogP contribution in [0.15, 0.2) is 18.2 Å². The highest BCUT2D eigenvalue weighted by Gasteiger charge is 2.18. The molecule has 1 aromatic rings. The first-order chi connectivity index (χ1) is 6.95. The van der Waals surface area contributed by atoms with E-state index in [1.807, 2.05) is 13.8 Å². The number of hydrogen-bond donors (Lipinski definition) is 2. The molecular formula is C11H13NO3. The fourth-order valence-corrected chi connectivity index (χ4v) is 1.59. The summed E-state index contributed by atoms with van der Waals surface area (Å²) < 4.78 is 0. The van der Waals surface area contributed by atoms with Crippen LogP contribution in [0.1, 0.15) is 46.0 Å². The molecule has 0 saturated carbocycles. The van der Waals surface area contributed by atoms with E-state index in [4.69, 9.17) is 10.8 Å². The molecule has 1 rings (SSSR count). The summed E-state index contributed by atoms with van der Waals surface area (Å²) in [6.07, 6.45) is 0. The maximum Gasteiger partial charge on any atom is 0.335 e. The van der Waals surface area contributed by atoms with Gasteiger partial charge in [0, 0.05) is 5.56 Å². The summed E-state index contributed by atoms with van der Waals surface area (Å²) in [5.74, 6) is -1.69. The zero-order valence-electron chi connectivity index (χ0n) is 8.65. The molecule has 0 spiro atoms. The third-order valence-electron chi connectivity index (χ3n) is 2.18. The largest absolute Gasteiger partial charge is 0.478 e. The van der Waals surface area contributed by atoms with Gasteiger partial charge in [0.1, 0.15) is 0 Å². The van der Waals surface area contributed by atoms with Crippen molar-refractivity contribution in [1.82, 2.24) is 0 Å². The molecule has 0 bridgehead atoms. The summed E-state index contributed by atoms with van der Waals surface area (Å²) in [5.41, 5.74) is 6.11. The predicted molar refractivity (Wildman–Crippen MR) is 56.0 cm³/mol. The molecule has 0 saturated heterocycles. The molecule has 0 aliphatic rings. The number of carboxylic acid groups (broad SMARTS) is 1. The van der Waals surface area contributed by atoms with Crippen molar-refractivity contribution in [2.45, 2.75) is 19.8 Å². The van der Waals surface area contributed by atoms with Crippen LogP contribution in [-0.4, -0.2) is 17.0 Å². The Morgan fingerprint density at radius 1 is 1.27 bits per heavy atom. The molecular weight excluding hydrogens is 194 g/mol. The van der Waals surface area contributed by atoms with Crippen molar-refractivity contribution in [2.75, 3.05) is 0 Å². The normalized spacial score (nSPS) is 10.3. The Balaban J connectivity index is 3.48. The Hall–Kier alpha value is -1.84. The van der Waals surface area contributed by atoms with Gasteiger partial charge in [-0.25, -0.2) is 4.79 Å². The minimum absolute atomic E-state index is 0.0557. The van der Waals surface area contributed by atoms with E-state index in [0.717, 1.165) is 0 Å². The first-order valence-corrected chi connectivity index (χ1v) is 4.61. The molecule has 1 amide bonds. The van der Waals surface area contributed by atoms with Gasteiger partial charge >= 0.3 is 5.97 Å². The number of hydrogen-bond acceptors (Lipinski definition) is 2. The second kappa shape index (κ2) is 4.13. The molecule has 0 aliphatic heterocycles. The second-order valence-corrected chi connectivity index (χ2v) is 3.59. The Labute approximate surface area is 87.7 Å². The van der Waals surface area contributed by atoms with Crippen LogP contribution >= 0.6 is 0 Å². The van der Waals surface area contributed by atoms with Crippen LogP contribution in [0.2, 0.25) is 0 Å². The Morgan fingerprint density at radius 3 is 2.20 bits per heavy atom. The summed E-state index contributed by atoms with van der Waals surface area (Å²) in [5, 5.41) is 8.97. The van der Waals surface area contributed by atoms with Crippen molar-refractivity contribution in [3.63, 3.8) is 0 Å². The van der Waals surface area contributed by atoms with Gasteiger partial charge in [-0.3, -0.25) is 4.79 Å². The van der Waals surface area contributed by atoms with E-state index in [9.17, 15) is 9.59 Å². The number of amides is 1. The Kier molecular flexibility index (Phi) is 3.09. The number of rotatable bonds is 3. The first kappa shape index (κ1) is 11.2. The number of nitrogens with two attached hydrogens (primary N) is 1. The lowest BCUT2D eigenvalue weighted by Gasteiger charge is -2.13. The molecule has 1 aromatic carbocycles. The highest BCUT2D eigenvalue weighted by atomic mass is 16.4. The van der Waals surface area contributed by atoms with E-state index in [1.54, 1.807) is 6.07 Å². The monoisotopic (exact) mass is 207 g/mol. The summed E-state index contributed by atoms with van der Waals surface area (Å²) in [6, 6.07) is 4.55. The zero-order chi connectivity index (χ0) is 11.6. The van der Waals surface area contributed by atoms with Crippen molar-refractivity contribution >= 4 is 11.9 Å². The van der Waals surface area contributed by atoms with Gasteiger partial charge in [0.05, 0.1) is 5.56 Å². The average molecular weight is 207 g/mol. The van der Waals surface area contributed by atoms with E-state index in [2.05, 4.69) is 0 Å². The van der Waals surface area contributed by atoms with Crippen molar-refractivity contribution < 1.29 is 14.7 Å². The van der Waals surface area contributed by atoms with E-state index >= 15 is 0 Å². The molecule has 3 N–H and O–H groups in total. The topological polar surface area (TPSA) is 80.4 Å². The molecule has 0 radical (unpaired) electrons. The summed E-state index contributed by atoms with van der Waals surface area (Å²) in [4.78, 5) is 22.1. The van der Waals surface area contributed by atoms with Crippen LogP contribution in [0.4, 0.5) is 0 Å². The van der Waals surface area contributed by atoms with Gasteiger partial charge in [-0.15, -0.1) is 0 Å². The van der Waals surface area contributed by atoms with Gasteiger partial charge in [-0.2, -0.15) is 0 Å². The van der Waals surface area contributed by atoms with E-state index in [1.165, 1.54) is 12.1 Å². The SMILES string of the molecule is CC(C)c1c(C(N)=O)cccc1C(=O)O. The fourth-order valence-electron chi connectivity index (χ4n) is 1.59. The number of primary amides is 1. The lowest BCUT2D eigenvalue weighted by Crippen LogP contribution is -2.17. The van der Waals surface area contributed by atoms with Crippen LogP contribution < -0.4 is 5.73 Å². The van der Waals surface area contributed by atoms with Gasteiger partial charge in [0.25, 0.3) is 0 Å². The van der Waals surface area contributed by atoms with Gasteiger partial charge < -0.3 is 10.8 Å². The standard InChI is InChI=1S/C11H13NO3/c1-6(2)9-7(10(12)13)4-3-5-8(9)11(14)15/h3-6H,1-2H3,(H2,12,13)(H,14,15). The molecule has 0 fully saturated rings. The summed E-state index contributed by atoms with van der Waals surface area (Å²) >= 11 is 0. The minimum atomic E-state index is -1.04. The Bertz CT molecular complexity index is 378. The highest BCUT2D eigenvalue weighted by molar-refractivity contribution is 5.99. The number of aromatic carboxylic acids is 1. The number of benzene rings is 1. The molecule has 0 aliphatic carbocycles. The quantitative estimate of drug-likeness (QED) is 0.790. The molecule has 80 valence electrons. The molecule has 0 atom stereocenters. The minimum Gasteiger partial charge on any atom is -0.478 e. The van der Waals surface area contributed by atoms with Crippen LogP contribution in [-0.2, 0) is 0 Å². The van der Waals surface area contributed by atoms with Crippen LogP contribution in [0.5, 0.6) is 0 Å². The van der Waals surface area contributed by atoms with Gasteiger partial charge in [-0.05, 0) is 23.6 Å². The maximum atomic E-state index is 11.1. The average Bonchev–Trinajstić information content (AvgIpc) is 2.16. The van der Waals surface area contributed by atoms with Crippen molar-refractivity contribution in [1.29, 1.82) is 0 Å². The molecule has 0 aromatic heterocycles. The first-order valence-electron chi connectivity index (χ1n) is 4.61. The van der Waals surface area contributed by atoms with Crippen molar-refractivity contribution in [3.05, 3.63) is 34.9 Å². The summed E-state index contributed by atoms with van der Waals surface area (Å²) in [6.45, 7) is 3.66. The Morgan fingerprint density at radius 2 is 1.80 bits per heavy atom. The number of carboxylic acids is 1. The van der Waals surface area contributed by atoms with Crippen LogP contribution in [0.25, 0.3) is 0 Å². The molecule has 0 heterocycles. The highest BCUT2D eigenvalue weighted by Crippen LogP contribution is 2.23. The predicted octanol–water partition coefficient (Wildman–Crippen LogP) is 1.61. The molecule has 4 nitrogen and oxygen atoms in total. The maximum absolute atomic E-state index is 11.1. The smallest absolute Gasteiger partial charge is 0.335 e. The zero-order valence-corrected chi connectivity index (χ0v) is 8.65. The third-order valence-corrected chi connectivity index (χ3v) is 2.18. The fraction of sp³-hybridized carbons (Fsp3) is 0.273. The van der Waals surface area contributed by atoms with Gasteiger partial charge in [-0.1, -0.05) is 19.9 Å². The van der Waals surface area contributed by atoms with Crippen LogP contribution in [0, 0.1) is 0 Å². The molecule has 4 heteroatoms. The van der Waals surface area contributed by atoms with E-state index in [-0.39, 0.29) is 17.0 Å². The molecule has 15 heavy (non-hydrogen) atoms. The lowest BCUT2D eigenvalue weighted by atomic mass is 9.91. The molecule has 0 unspecified atom stereocenters. The van der Waals surface area contributed by atoms with E-state index in [0.29, 0.717) is 5.56 Å². The van der Waals surface area contributed by atoms with Gasteiger partial charge in [0.2, 0.25) is 5.91 Å². The van der Waals surface area contributed by atoms with E-state index < -0.39 is 11.9 Å². The second-order valence-electron chi connectivity index (χ2n) is 3.59.